The number of ether oxygens (including phenoxy) is 1. The molecule has 0 radical (unpaired) electrons. The number of hydroxylamine groups is 1. The van der Waals surface area contributed by atoms with Crippen LogP contribution in [0.15, 0.2) is 18.2 Å². The van der Waals surface area contributed by atoms with Crippen LogP contribution >= 0.6 is 11.6 Å². The van der Waals surface area contributed by atoms with Crippen molar-refractivity contribution in [2.75, 3.05) is 19.2 Å². The molecule has 1 rings (SSSR count). The number of hydrogen-bond donors (Lipinski definition) is 0. The number of anilines is 1. The van der Waals surface area contributed by atoms with Crippen molar-refractivity contribution in [1.82, 2.24) is 0 Å². The fraction of sp³-hybridized carbons (Fsp3) is 0.222. The van der Waals surface area contributed by atoms with Crippen LogP contribution in [0.2, 0.25) is 5.02 Å². The highest BCUT2D eigenvalue weighted by Crippen LogP contribution is 2.24. The standard InChI is InChI=1S/C9H10ClNO5S/c1-11(16-17(13)14)6-3-4-7(8(10)5-6)9(12)15-2/h3-5H,1-2H3,(H,13,14)/p-1. The topological polar surface area (TPSA) is 78.9 Å². The maximum absolute atomic E-state index is 11.2. The zero-order valence-corrected chi connectivity index (χ0v) is 10.6. The van der Waals surface area contributed by atoms with Crippen LogP contribution in [0.25, 0.3) is 0 Å². The monoisotopic (exact) mass is 278 g/mol. The van der Waals surface area contributed by atoms with Crippen molar-refractivity contribution in [1.29, 1.82) is 0 Å². The third-order valence-electron chi connectivity index (χ3n) is 1.89. The molecule has 0 spiro atoms. The van der Waals surface area contributed by atoms with Gasteiger partial charge >= 0.3 is 5.97 Å². The molecule has 0 saturated carbocycles. The van der Waals surface area contributed by atoms with E-state index in [-0.39, 0.29) is 10.6 Å². The van der Waals surface area contributed by atoms with E-state index in [0.29, 0.717) is 5.69 Å². The Kier molecular flexibility index (Phi) is 4.88. The minimum Gasteiger partial charge on any atom is -0.748 e. The van der Waals surface area contributed by atoms with E-state index < -0.39 is 17.3 Å². The fourth-order valence-corrected chi connectivity index (χ4v) is 1.63. The number of hydrogen-bond acceptors (Lipinski definition) is 6. The highest BCUT2D eigenvalue weighted by Gasteiger charge is 2.12. The first kappa shape index (κ1) is 13.9. The molecule has 0 amide bonds. The zero-order chi connectivity index (χ0) is 13.0. The molecule has 0 bridgehead atoms. The fourth-order valence-electron chi connectivity index (χ4n) is 1.11. The lowest BCUT2D eigenvalue weighted by atomic mass is 10.2. The van der Waals surface area contributed by atoms with Crippen molar-refractivity contribution in [3.05, 3.63) is 28.8 Å². The van der Waals surface area contributed by atoms with Crippen LogP contribution in [-0.2, 0) is 20.4 Å². The van der Waals surface area contributed by atoms with E-state index in [1.165, 1.54) is 32.4 Å². The van der Waals surface area contributed by atoms with E-state index in [0.717, 1.165) is 5.06 Å². The number of benzene rings is 1. The first-order valence-corrected chi connectivity index (χ1v) is 5.72. The molecule has 1 unspecified atom stereocenters. The van der Waals surface area contributed by atoms with Gasteiger partial charge in [-0.2, -0.15) is 4.28 Å². The average molecular weight is 279 g/mol. The second kappa shape index (κ2) is 5.97. The minimum atomic E-state index is -2.68. The van der Waals surface area contributed by atoms with Gasteiger partial charge in [0.1, 0.15) is 11.4 Å². The van der Waals surface area contributed by atoms with Gasteiger partial charge in [-0.05, 0) is 18.2 Å². The van der Waals surface area contributed by atoms with Crippen LogP contribution < -0.4 is 5.06 Å². The molecule has 8 heteroatoms. The van der Waals surface area contributed by atoms with E-state index in [4.69, 9.17) is 11.6 Å². The molecule has 0 aromatic heterocycles. The Morgan fingerprint density at radius 1 is 1.53 bits per heavy atom. The van der Waals surface area contributed by atoms with Gasteiger partial charge in [0.2, 0.25) is 0 Å². The van der Waals surface area contributed by atoms with Gasteiger partial charge in [-0.1, -0.05) is 11.6 Å². The van der Waals surface area contributed by atoms with Gasteiger partial charge in [0.25, 0.3) is 0 Å². The molecule has 1 aromatic rings. The second-order valence-corrected chi connectivity index (χ2v) is 3.90. The van der Waals surface area contributed by atoms with Crippen molar-refractivity contribution in [3.8, 4) is 0 Å². The lowest BCUT2D eigenvalue weighted by Gasteiger charge is -2.19. The first-order valence-electron chi connectivity index (χ1n) is 4.35. The molecule has 17 heavy (non-hydrogen) atoms. The van der Waals surface area contributed by atoms with Crippen molar-refractivity contribution < 1.29 is 22.6 Å². The molecule has 0 heterocycles. The van der Waals surface area contributed by atoms with Crippen molar-refractivity contribution in [2.45, 2.75) is 0 Å². The Hall–Kier alpha value is -1.15. The summed E-state index contributed by atoms with van der Waals surface area (Å²) in [5, 5.41) is 1.14. The lowest BCUT2D eigenvalue weighted by Crippen LogP contribution is -2.19. The smallest absolute Gasteiger partial charge is 0.339 e. The Labute approximate surface area is 106 Å². The van der Waals surface area contributed by atoms with E-state index >= 15 is 0 Å². The molecule has 0 saturated heterocycles. The summed E-state index contributed by atoms with van der Waals surface area (Å²) in [5.41, 5.74) is 0.571. The molecule has 1 aromatic carbocycles. The largest absolute Gasteiger partial charge is 0.748 e. The SMILES string of the molecule is COC(=O)c1ccc(N(C)OS(=O)[O-])cc1Cl. The quantitative estimate of drug-likeness (QED) is 0.469. The highest BCUT2D eigenvalue weighted by molar-refractivity contribution is 7.74. The number of esters is 1. The van der Waals surface area contributed by atoms with Crippen LogP contribution in [0.4, 0.5) is 5.69 Å². The summed E-state index contributed by atoms with van der Waals surface area (Å²) in [6.45, 7) is 0. The number of carbonyl (C=O) groups is 1. The molecule has 0 N–H and O–H groups in total. The highest BCUT2D eigenvalue weighted by atomic mass is 35.5. The maximum atomic E-state index is 11.2. The molecule has 0 aliphatic heterocycles. The van der Waals surface area contributed by atoms with Crippen LogP contribution in [0.5, 0.6) is 0 Å². The maximum Gasteiger partial charge on any atom is 0.339 e. The Morgan fingerprint density at radius 3 is 2.65 bits per heavy atom. The summed E-state index contributed by atoms with van der Waals surface area (Å²) < 4.78 is 29.5. The van der Waals surface area contributed by atoms with E-state index in [9.17, 15) is 13.6 Å². The van der Waals surface area contributed by atoms with Crippen LogP contribution in [-0.4, -0.2) is 28.9 Å². The van der Waals surface area contributed by atoms with E-state index in [1.807, 2.05) is 0 Å². The molecule has 0 aliphatic rings. The molecule has 0 fully saturated rings. The zero-order valence-electron chi connectivity index (χ0n) is 9.01. The Balaban J connectivity index is 2.96. The van der Waals surface area contributed by atoms with Gasteiger partial charge < -0.3 is 9.29 Å². The van der Waals surface area contributed by atoms with Crippen molar-refractivity contribution in [2.24, 2.45) is 0 Å². The number of rotatable bonds is 4. The van der Waals surface area contributed by atoms with Gasteiger partial charge in [-0.25, -0.2) is 14.1 Å². The normalized spacial score (nSPS) is 12.0. The van der Waals surface area contributed by atoms with Gasteiger partial charge in [0.05, 0.1) is 23.4 Å². The molecule has 0 aliphatic carbocycles. The third-order valence-corrected chi connectivity index (χ3v) is 2.55. The summed E-state index contributed by atoms with van der Waals surface area (Å²) in [6, 6.07) is 4.28. The summed E-state index contributed by atoms with van der Waals surface area (Å²) in [6.07, 6.45) is 0. The number of halogens is 1. The van der Waals surface area contributed by atoms with E-state index in [1.54, 1.807) is 0 Å². The third kappa shape index (κ3) is 3.67. The molecule has 6 nitrogen and oxygen atoms in total. The second-order valence-electron chi connectivity index (χ2n) is 2.93. The summed E-state index contributed by atoms with van der Waals surface area (Å²) in [5.74, 6) is -0.572. The predicted octanol–water partition coefficient (Wildman–Crippen LogP) is 1.29. The van der Waals surface area contributed by atoms with Crippen LogP contribution in [0, 0.1) is 0 Å². The van der Waals surface area contributed by atoms with Crippen molar-refractivity contribution >= 4 is 34.6 Å². The minimum absolute atomic E-state index is 0.140. The van der Waals surface area contributed by atoms with Crippen LogP contribution in [0.1, 0.15) is 10.4 Å². The average Bonchev–Trinajstić information content (AvgIpc) is 2.27. The summed E-state index contributed by atoms with van der Waals surface area (Å²) in [4.78, 5) is 11.2. The molecule has 94 valence electrons. The Morgan fingerprint density at radius 2 is 2.18 bits per heavy atom. The van der Waals surface area contributed by atoms with Crippen LogP contribution in [0.3, 0.4) is 0 Å². The van der Waals surface area contributed by atoms with Gasteiger partial charge in [-0.3, -0.25) is 0 Å². The number of methoxy groups -OCH3 is 1. The molecular formula is C9H9ClNO5S-. The van der Waals surface area contributed by atoms with Gasteiger partial charge in [-0.15, -0.1) is 0 Å². The molecule has 1 atom stereocenters. The first-order chi connectivity index (χ1) is 7.95. The molecular weight excluding hydrogens is 270 g/mol. The van der Waals surface area contributed by atoms with E-state index in [2.05, 4.69) is 9.02 Å². The summed E-state index contributed by atoms with van der Waals surface area (Å²) >= 11 is 3.17. The van der Waals surface area contributed by atoms with Crippen molar-refractivity contribution in [3.63, 3.8) is 0 Å². The number of carbonyl (C=O) groups excluding carboxylic acids is 1. The lowest BCUT2D eigenvalue weighted by molar-refractivity contribution is 0.0601. The van der Waals surface area contributed by atoms with Gasteiger partial charge in [0, 0.05) is 7.05 Å². The summed E-state index contributed by atoms with van der Waals surface area (Å²) in [7, 11) is 2.63. The van der Waals surface area contributed by atoms with Gasteiger partial charge in [0.15, 0.2) is 0 Å². The number of nitrogens with zero attached hydrogens (tertiary/aromatic N) is 1. The Bertz CT molecular complexity index is 453. The predicted molar refractivity (Wildman–Crippen MR) is 61.2 cm³/mol.